The van der Waals surface area contributed by atoms with Crippen LogP contribution in [0.2, 0.25) is 0 Å². The molecule has 0 aromatic heterocycles. The summed E-state index contributed by atoms with van der Waals surface area (Å²) in [5.41, 5.74) is 0. The van der Waals surface area contributed by atoms with E-state index in [1.807, 2.05) is 0 Å². The van der Waals surface area contributed by atoms with E-state index in [9.17, 15) is 0 Å². The Kier molecular flexibility index (Phi) is 3.55. The molecule has 1 aliphatic carbocycles. The van der Waals surface area contributed by atoms with Gasteiger partial charge in [-0.15, -0.1) is 0 Å². The lowest BCUT2D eigenvalue weighted by molar-refractivity contribution is 0.221. The SMILES string of the molecule is CCCN(C)C1CCCC1C#N. The summed E-state index contributed by atoms with van der Waals surface area (Å²) < 4.78 is 0. The zero-order chi connectivity index (χ0) is 8.97. The normalized spacial score (nSPS) is 29.2. The second kappa shape index (κ2) is 4.47. The van der Waals surface area contributed by atoms with E-state index in [1.54, 1.807) is 0 Å². The zero-order valence-corrected chi connectivity index (χ0v) is 8.08. The molecular formula is C10H18N2. The fraction of sp³-hybridized carbons (Fsp3) is 0.900. The summed E-state index contributed by atoms with van der Waals surface area (Å²) >= 11 is 0. The van der Waals surface area contributed by atoms with Gasteiger partial charge in [-0.1, -0.05) is 13.3 Å². The van der Waals surface area contributed by atoms with Gasteiger partial charge in [0.1, 0.15) is 0 Å². The van der Waals surface area contributed by atoms with E-state index in [1.165, 1.54) is 19.3 Å². The number of nitriles is 1. The smallest absolute Gasteiger partial charge is 0.0672 e. The molecule has 0 amide bonds. The first-order chi connectivity index (χ1) is 5.79. The largest absolute Gasteiger partial charge is 0.302 e. The summed E-state index contributed by atoms with van der Waals surface area (Å²) in [6.07, 6.45) is 4.74. The van der Waals surface area contributed by atoms with Crippen LogP contribution in [0, 0.1) is 17.2 Å². The van der Waals surface area contributed by atoms with Crippen LogP contribution < -0.4 is 0 Å². The Morgan fingerprint density at radius 3 is 2.83 bits per heavy atom. The average Bonchev–Trinajstić information content (AvgIpc) is 2.51. The molecule has 0 radical (unpaired) electrons. The van der Waals surface area contributed by atoms with Crippen LogP contribution in [0.3, 0.4) is 0 Å². The quantitative estimate of drug-likeness (QED) is 0.641. The first kappa shape index (κ1) is 9.54. The Morgan fingerprint density at radius 2 is 2.25 bits per heavy atom. The van der Waals surface area contributed by atoms with Crippen molar-refractivity contribution in [1.82, 2.24) is 4.90 Å². The number of hydrogen-bond acceptors (Lipinski definition) is 2. The molecule has 0 aromatic rings. The standard InChI is InChI=1S/C10H18N2/c1-3-7-12(2)10-6-4-5-9(10)8-11/h9-10H,3-7H2,1-2H3. The van der Waals surface area contributed by atoms with Crippen molar-refractivity contribution in [2.45, 2.75) is 38.6 Å². The molecule has 2 unspecified atom stereocenters. The van der Waals surface area contributed by atoms with Crippen molar-refractivity contribution in [2.24, 2.45) is 5.92 Å². The predicted molar refractivity (Wildman–Crippen MR) is 49.7 cm³/mol. The molecule has 2 nitrogen and oxygen atoms in total. The van der Waals surface area contributed by atoms with E-state index in [-0.39, 0.29) is 0 Å². The summed E-state index contributed by atoms with van der Waals surface area (Å²) in [7, 11) is 2.14. The summed E-state index contributed by atoms with van der Waals surface area (Å²) in [5, 5.41) is 8.88. The van der Waals surface area contributed by atoms with Crippen molar-refractivity contribution >= 4 is 0 Å². The second-order valence-electron chi connectivity index (χ2n) is 3.71. The summed E-state index contributed by atoms with van der Waals surface area (Å²) in [6.45, 7) is 3.32. The van der Waals surface area contributed by atoms with Crippen LogP contribution in [0.15, 0.2) is 0 Å². The predicted octanol–water partition coefficient (Wildman–Crippen LogP) is 2.02. The van der Waals surface area contributed by atoms with Crippen molar-refractivity contribution in [3.63, 3.8) is 0 Å². The third-order valence-electron chi connectivity index (χ3n) is 2.79. The Hall–Kier alpha value is -0.550. The molecule has 0 N–H and O–H groups in total. The Balaban J connectivity index is 2.44. The minimum absolute atomic E-state index is 0.293. The third-order valence-corrected chi connectivity index (χ3v) is 2.79. The van der Waals surface area contributed by atoms with Gasteiger partial charge in [0.15, 0.2) is 0 Å². The summed E-state index contributed by atoms with van der Waals surface area (Å²) in [5.74, 6) is 0.293. The van der Waals surface area contributed by atoms with Crippen LogP contribution in [-0.4, -0.2) is 24.5 Å². The molecule has 1 fully saturated rings. The Morgan fingerprint density at radius 1 is 1.50 bits per heavy atom. The highest BCUT2D eigenvalue weighted by Gasteiger charge is 2.29. The van der Waals surface area contributed by atoms with Crippen LogP contribution in [-0.2, 0) is 0 Å². The highest BCUT2D eigenvalue weighted by atomic mass is 15.1. The molecule has 68 valence electrons. The molecule has 0 spiro atoms. The van der Waals surface area contributed by atoms with Crippen molar-refractivity contribution in [3.8, 4) is 6.07 Å². The van der Waals surface area contributed by atoms with Gasteiger partial charge in [0, 0.05) is 6.04 Å². The van der Waals surface area contributed by atoms with Crippen LogP contribution in [0.4, 0.5) is 0 Å². The number of nitrogens with zero attached hydrogens (tertiary/aromatic N) is 2. The minimum Gasteiger partial charge on any atom is -0.302 e. The highest BCUT2D eigenvalue weighted by Crippen LogP contribution is 2.28. The first-order valence-corrected chi connectivity index (χ1v) is 4.89. The van der Waals surface area contributed by atoms with Gasteiger partial charge in [0.25, 0.3) is 0 Å². The van der Waals surface area contributed by atoms with Crippen LogP contribution in [0.1, 0.15) is 32.6 Å². The maximum Gasteiger partial charge on any atom is 0.0672 e. The van der Waals surface area contributed by atoms with Gasteiger partial charge in [0.05, 0.1) is 12.0 Å². The van der Waals surface area contributed by atoms with Crippen molar-refractivity contribution in [1.29, 1.82) is 5.26 Å². The molecule has 2 atom stereocenters. The van der Waals surface area contributed by atoms with E-state index in [2.05, 4.69) is 24.9 Å². The van der Waals surface area contributed by atoms with Gasteiger partial charge in [0.2, 0.25) is 0 Å². The van der Waals surface area contributed by atoms with Crippen molar-refractivity contribution in [3.05, 3.63) is 0 Å². The van der Waals surface area contributed by atoms with Gasteiger partial charge in [-0.3, -0.25) is 0 Å². The Labute approximate surface area is 75.2 Å². The van der Waals surface area contributed by atoms with Crippen LogP contribution in [0.25, 0.3) is 0 Å². The maximum absolute atomic E-state index is 8.88. The van der Waals surface area contributed by atoms with E-state index in [4.69, 9.17) is 5.26 Å². The fourth-order valence-electron chi connectivity index (χ4n) is 2.14. The molecule has 0 heterocycles. The molecule has 2 heteroatoms. The lowest BCUT2D eigenvalue weighted by Crippen LogP contribution is -2.34. The first-order valence-electron chi connectivity index (χ1n) is 4.89. The molecule has 0 aromatic carbocycles. The molecule has 1 aliphatic rings. The van der Waals surface area contributed by atoms with E-state index in [0.29, 0.717) is 12.0 Å². The molecule has 1 rings (SSSR count). The summed E-state index contributed by atoms with van der Waals surface area (Å²) in [6, 6.07) is 2.95. The number of rotatable bonds is 3. The van der Waals surface area contributed by atoms with Gasteiger partial charge in [-0.2, -0.15) is 5.26 Å². The molecule has 1 saturated carbocycles. The molecule has 0 saturated heterocycles. The van der Waals surface area contributed by atoms with Crippen LogP contribution in [0.5, 0.6) is 0 Å². The van der Waals surface area contributed by atoms with E-state index < -0.39 is 0 Å². The van der Waals surface area contributed by atoms with Gasteiger partial charge in [-0.25, -0.2) is 0 Å². The second-order valence-corrected chi connectivity index (χ2v) is 3.71. The van der Waals surface area contributed by atoms with Crippen molar-refractivity contribution < 1.29 is 0 Å². The fourth-order valence-corrected chi connectivity index (χ4v) is 2.14. The molecule has 12 heavy (non-hydrogen) atoms. The topological polar surface area (TPSA) is 27.0 Å². The summed E-state index contributed by atoms with van der Waals surface area (Å²) in [4.78, 5) is 2.35. The third kappa shape index (κ3) is 1.98. The monoisotopic (exact) mass is 166 g/mol. The zero-order valence-electron chi connectivity index (χ0n) is 8.08. The average molecular weight is 166 g/mol. The minimum atomic E-state index is 0.293. The highest BCUT2D eigenvalue weighted by molar-refractivity contribution is 4.96. The van der Waals surface area contributed by atoms with E-state index in [0.717, 1.165) is 13.0 Å². The molecule has 0 aliphatic heterocycles. The van der Waals surface area contributed by atoms with Crippen molar-refractivity contribution in [2.75, 3.05) is 13.6 Å². The van der Waals surface area contributed by atoms with Crippen LogP contribution >= 0.6 is 0 Å². The van der Waals surface area contributed by atoms with Gasteiger partial charge in [-0.05, 0) is 32.9 Å². The Bertz CT molecular complexity index is 171. The lowest BCUT2D eigenvalue weighted by Gasteiger charge is -2.25. The van der Waals surface area contributed by atoms with Gasteiger partial charge < -0.3 is 4.90 Å². The lowest BCUT2D eigenvalue weighted by atomic mass is 10.0. The maximum atomic E-state index is 8.88. The molecular weight excluding hydrogens is 148 g/mol. The van der Waals surface area contributed by atoms with E-state index >= 15 is 0 Å². The molecule has 0 bridgehead atoms. The number of hydrogen-bond donors (Lipinski definition) is 0. The van der Waals surface area contributed by atoms with Gasteiger partial charge >= 0.3 is 0 Å².